The fraction of sp³-hybridized carbons (Fsp3) is 0.150. The molecule has 0 spiro atoms. The Bertz CT molecular complexity index is 986. The molecule has 0 saturated carbocycles. The molecule has 1 amide bonds. The first-order chi connectivity index (χ1) is 13.5. The summed E-state index contributed by atoms with van der Waals surface area (Å²) in [5.41, 5.74) is 1.40. The molecule has 3 rings (SSSR count). The minimum atomic E-state index is -0.556. The van der Waals surface area contributed by atoms with Crippen molar-refractivity contribution >= 4 is 28.9 Å². The number of rotatable bonds is 7. The third-order valence-corrected chi connectivity index (χ3v) is 4.62. The Morgan fingerprint density at radius 3 is 2.79 bits per heavy atom. The molecule has 0 fully saturated rings. The third-order valence-electron chi connectivity index (χ3n) is 3.73. The number of aromatic hydroxyl groups is 1. The molecule has 3 aromatic rings. The van der Waals surface area contributed by atoms with E-state index < -0.39 is 5.97 Å². The predicted molar refractivity (Wildman–Crippen MR) is 105 cm³/mol. The predicted octanol–water partition coefficient (Wildman–Crippen LogP) is 3.40. The van der Waals surface area contributed by atoms with Crippen LogP contribution in [-0.2, 0) is 22.6 Å². The van der Waals surface area contributed by atoms with Crippen molar-refractivity contribution in [1.82, 2.24) is 4.98 Å². The Kier molecular flexibility index (Phi) is 6.23. The number of para-hydroxylation sites is 2. The van der Waals surface area contributed by atoms with E-state index in [-0.39, 0.29) is 30.2 Å². The van der Waals surface area contributed by atoms with Gasteiger partial charge in [0.25, 0.3) is 0 Å². The summed E-state index contributed by atoms with van der Waals surface area (Å²) in [7, 11) is 1.54. The Morgan fingerprint density at radius 1 is 1.18 bits per heavy atom. The molecule has 0 radical (unpaired) electrons. The highest BCUT2D eigenvalue weighted by molar-refractivity contribution is 7.09. The standard InChI is InChI=1S/C20H18N2O5S/c1-26-17-8-3-2-7-16(17)22-18(24)10-19-21-14(12-28-19)11-27-20(25)13-5-4-6-15(23)9-13/h2-9,12,23H,10-11H2,1H3,(H,22,24). The topological polar surface area (TPSA) is 97.8 Å². The fourth-order valence-corrected chi connectivity index (χ4v) is 3.21. The van der Waals surface area contributed by atoms with E-state index in [1.807, 2.05) is 6.07 Å². The maximum Gasteiger partial charge on any atom is 0.338 e. The number of hydrogen-bond donors (Lipinski definition) is 2. The lowest BCUT2D eigenvalue weighted by Gasteiger charge is -2.08. The summed E-state index contributed by atoms with van der Waals surface area (Å²) in [6, 6.07) is 13.1. The largest absolute Gasteiger partial charge is 0.508 e. The molecule has 1 heterocycles. The SMILES string of the molecule is COc1ccccc1NC(=O)Cc1nc(COC(=O)c2cccc(O)c2)cs1. The molecule has 1 aromatic heterocycles. The quantitative estimate of drug-likeness (QED) is 0.592. The smallest absolute Gasteiger partial charge is 0.338 e. The number of phenols is 1. The van der Waals surface area contributed by atoms with E-state index >= 15 is 0 Å². The van der Waals surface area contributed by atoms with Crippen molar-refractivity contribution in [3.63, 3.8) is 0 Å². The van der Waals surface area contributed by atoms with E-state index in [1.165, 1.54) is 30.6 Å². The summed E-state index contributed by atoms with van der Waals surface area (Å²) in [5.74, 6) is -0.206. The summed E-state index contributed by atoms with van der Waals surface area (Å²) >= 11 is 1.31. The van der Waals surface area contributed by atoms with Gasteiger partial charge in [-0.05, 0) is 30.3 Å². The van der Waals surface area contributed by atoms with Crippen molar-refractivity contribution in [2.45, 2.75) is 13.0 Å². The van der Waals surface area contributed by atoms with Crippen LogP contribution in [0.15, 0.2) is 53.9 Å². The molecule has 28 heavy (non-hydrogen) atoms. The number of aromatic nitrogens is 1. The fourth-order valence-electron chi connectivity index (χ4n) is 2.43. The first kappa shape index (κ1) is 19.4. The molecule has 7 nitrogen and oxygen atoms in total. The Labute approximate surface area is 165 Å². The van der Waals surface area contributed by atoms with Crippen LogP contribution in [0.25, 0.3) is 0 Å². The number of thiazole rings is 1. The number of nitrogens with one attached hydrogen (secondary N) is 1. The van der Waals surface area contributed by atoms with Gasteiger partial charge in [-0.3, -0.25) is 4.79 Å². The van der Waals surface area contributed by atoms with E-state index in [2.05, 4.69) is 10.3 Å². The maximum atomic E-state index is 12.2. The number of methoxy groups -OCH3 is 1. The van der Waals surface area contributed by atoms with Gasteiger partial charge in [0.2, 0.25) is 5.91 Å². The molecule has 2 aromatic carbocycles. The second-order valence-electron chi connectivity index (χ2n) is 5.78. The minimum Gasteiger partial charge on any atom is -0.508 e. The first-order valence-corrected chi connectivity index (χ1v) is 9.25. The molecule has 0 aliphatic heterocycles. The van der Waals surface area contributed by atoms with E-state index in [0.717, 1.165) is 0 Å². The van der Waals surface area contributed by atoms with Crippen LogP contribution in [0.1, 0.15) is 21.1 Å². The number of ether oxygens (including phenoxy) is 2. The van der Waals surface area contributed by atoms with Crippen molar-refractivity contribution in [2.75, 3.05) is 12.4 Å². The molecule has 8 heteroatoms. The first-order valence-electron chi connectivity index (χ1n) is 8.37. The summed E-state index contributed by atoms with van der Waals surface area (Å²) in [6.45, 7) is -0.0148. The summed E-state index contributed by atoms with van der Waals surface area (Å²) in [6.07, 6.45) is 0.100. The third kappa shape index (κ3) is 5.08. The van der Waals surface area contributed by atoms with Gasteiger partial charge in [-0.25, -0.2) is 9.78 Å². The molecule has 0 bridgehead atoms. The van der Waals surface area contributed by atoms with Crippen LogP contribution in [-0.4, -0.2) is 29.1 Å². The monoisotopic (exact) mass is 398 g/mol. The van der Waals surface area contributed by atoms with Gasteiger partial charge in [0.1, 0.15) is 23.1 Å². The number of benzene rings is 2. The molecule has 0 aliphatic carbocycles. The molecular weight excluding hydrogens is 380 g/mol. The van der Waals surface area contributed by atoms with Gasteiger partial charge in [-0.1, -0.05) is 18.2 Å². The van der Waals surface area contributed by atoms with Crippen LogP contribution in [0.2, 0.25) is 0 Å². The molecule has 0 aliphatic rings. The zero-order valence-corrected chi connectivity index (χ0v) is 15.9. The number of esters is 1. The Morgan fingerprint density at radius 2 is 2.00 bits per heavy atom. The highest BCUT2D eigenvalue weighted by Gasteiger charge is 2.13. The van der Waals surface area contributed by atoms with Gasteiger partial charge in [-0.15, -0.1) is 11.3 Å². The maximum absolute atomic E-state index is 12.2. The van der Waals surface area contributed by atoms with Gasteiger partial charge >= 0.3 is 5.97 Å². The number of carbonyl (C=O) groups excluding carboxylic acids is 2. The van der Waals surface area contributed by atoms with Gasteiger partial charge < -0.3 is 19.9 Å². The van der Waals surface area contributed by atoms with Crippen LogP contribution in [0.5, 0.6) is 11.5 Å². The van der Waals surface area contributed by atoms with Crippen molar-refractivity contribution < 1.29 is 24.2 Å². The summed E-state index contributed by atoms with van der Waals surface area (Å²) in [4.78, 5) is 28.5. The van der Waals surface area contributed by atoms with Crippen LogP contribution in [0, 0.1) is 0 Å². The minimum absolute atomic E-state index is 0.00791. The Hall–Kier alpha value is -3.39. The number of carbonyl (C=O) groups is 2. The average Bonchev–Trinajstić information content (AvgIpc) is 3.13. The number of nitrogens with zero attached hydrogens (tertiary/aromatic N) is 1. The van der Waals surface area contributed by atoms with Gasteiger partial charge in [0, 0.05) is 5.38 Å². The molecule has 2 N–H and O–H groups in total. The molecule has 0 saturated heterocycles. The lowest BCUT2D eigenvalue weighted by atomic mass is 10.2. The van der Waals surface area contributed by atoms with E-state index in [0.29, 0.717) is 22.1 Å². The van der Waals surface area contributed by atoms with E-state index in [1.54, 1.807) is 35.7 Å². The van der Waals surface area contributed by atoms with E-state index in [4.69, 9.17) is 9.47 Å². The highest BCUT2D eigenvalue weighted by Crippen LogP contribution is 2.23. The highest BCUT2D eigenvalue weighted by atomic mass is 32.1. The zero-order chi connectivity index (χ0) is 19.9. The van der Waals surface area contributed by atoms with Crippen LogP contribution in [0.3, 0.4) is 0 Å². The normalized spacial score (nSPS) is 10.3. The van der Waals surface area contributed by atoms with Crippen molar-refractivity contribution in [3.05, 3.63) is 70.2 Å². The zero-order valence-electron chi connectivity index (χ0n) is 15.0. The summed E-state index contributed by atoms with van der Waals surface area (Å²) in [5, 5.41) is 14.5. The second-order valence-corrected chi connectivity index (χ2v) is 6.73. The van der Waals surface area contributed by atoms with Crippen LogP contribution in [0.4, 0.5) is 5.69 Å². The number of amides is 1. The van der Waals surface area contributed by atoms with Crippen LogP contribution < -0.4 is 10.1 Å². The second kappa shape index (κ2) is 9.01. The number of phenolic OH excluding ortho intramolecular Hbond substituents is 1. The number of anilines is 1. The molecule has 0 unspecified atom stereocenters. The van der Waals surface area contributed by atoms with Crippen LogP contribution >= 0.6 is 11.3 Å². The Balaban J connectivity index is 1.54. The van der Waals surface area contributed by atoms with Gasteiger partial charge in [0.05, 0.1) is 30.5 Å². The molecular formula is C20H18N2O5S. The van der Waals surface area contributed by atoms with Gasteiger partial charge in [0.15, 0.2) is 0 Å². The lowest BCUT2D eigenvalue weighted by Crippen LogP contribution is -2.15. The van der Waals surface area contributed by atoms with Crippen molar-refractivity contribution in [3.8, 4) is 11.5 Å². The van der Waals surface area contributed by atoms with Gasteiger partial charge in [-0.2, -0.15) is 0 Å². The van der Waals surface area contributed by atoms with E-state index in [9.17, 15) is 14.7 Å². The summed E-state index contributed by atoms with van der Waals surface area (Å²) < 4.78 is 10.4. The van der Waals surface area contributed by atoms with Crippen molar-refractivity contribution in [2.24, 2.45) is 0 Å². The lowest BCUT2D eigenvalue weighted by molar-refractivity contribution is -0.115. The number of hydrogen-bond acceptors (Lipinski definition) is 7. The average molecular weight is 398 g/mol. The van der Waals surface area contributed by atoms with Crippen molar-refractivity contribution in [1.29, 1.82) is 0 Å². The molecule has 144 valence electrons. The molecule has 0 atom stereocenters.